The number of para-hydroxylation sites is 1. The molecule has 0 saturated carbocycles. The molecule has 0 amide bonds. The molecule has 5 aromatic rings. The third-order valence-corrected chi connectivity index (χ3v) is 5.49. The maximum Gasteiger partial charge on any atom is 0.267 e. The molecule has 5 rings (SSSR count). The highest BCUT2D eigenvalue weighted by molar-refractivity contribution is 6.35. The summed E-state index contributed by atoms with van der Waals surface area (Å²) in [5.41, 5.74) is 1.07. The van der Waals surface area contributed by atoms with Crippen LogP contribution in [-0.2, 0) is 0 Å². The standard InChI is InChI=1S/C23H17ClN6O2/c1-13(28-21-19-17(31)10-11-25-20(19)26-12-27-21)22-29-16-9-5-8-15(24)18(16)23(32)30(22)14-6-3-2-4-7-14/h2-13H,1H3,(H2,25,26,27,28,31)/t13-/m0/s1. The molecule has 0 spiro atoms. The molecule has 0 fully saturated rings. The van der Waals surface area contributed by atoms with E-state index in [0.29, 0.717) is 44.3 Å². The minimum Gasteiger partial charge on any atom is -0.360 e. The summed E-state index contributed by atoms with van der Waals surface area (Å²) in [4.78, 5) is 42.1. The van der Waals surface area contributed by atoms with Crippen molar-refractivity contribution in [3.8, 4) is 5.69 Å². The Bertz CT molecular complexity index is 1570. The molecule has 0 bridgehead atoms. The lowest BCUT2D eigenvalue weighted by molar-refractivity contribution is 0.732. The highest BCUT2D eigenvalue weighted by atomic mass is 35.5. The summed E-state index contributed by atoms with van der Waals surface area (Å²) in [5.74, 6) is 0.805. The number of benzene rings is 2. The van der Waals surface area contributed by atoms with Crippen LogP contribution in [0.5, 0.6) is 0 Å². The molecule has 8 nitrogen and oxygen atoms in total. The van der Waals surface area contributed by atoms with E-state index >= 15 is 0 Å². The van der Waals surface area contributed by atoms with Gasteiger partial charge in [0.1, 0.15) is 29.0 Å². The lowest BCUT2D eigenvalue weighted by Crippen LogP contribution is -2.27. The van der Waals surface area contributed by atoms with E-state index < -0.39 is 6.04 Å². The van der Waals surface area contributed by atoms with E-state index in [9.17, 15) is 9.59 Å². The van der Waals surface area contributed by atoms with Crippen LogP contribution in [0.15, 0.2) is 76.7 Å². The Morgan fingerprint density at radius 3 is 2.62 bits per heavy atom. The Kier molecular flexibility index (Phi) is 4.91. The van der Waals surface area contributed by atoms with Gasteiger partial charge in [-0.2, -0.15) is 0 Å². The lowest BCUT2D eigenvalue weighted by Gasteiger charge is -2.20. The molecule has 0 saturated heterocycles. The first kappa shape index (κ1) is 19.9. The summed E-state index contributed by atoms with van der Waals surface area (Å²) in [7, 11) is 0. The predicted molar refractivity (Wildman–Crippen MR) is 125 cm³/mol. The van der Waals surface area contributed by atoms with Crippen molar-refractivity contribution >= 4 is 39.4 Å². The maximum absolute atomic E-state index is 13.5. The second kappa shape index (κ2) is 7.90. The number of fused-ring (bicyclic) bond motifs is 2. The fraction of sp³-hybridized carbons (Fsp3) is 0.0870. The average molecular weight is 445 g/mol. The average Bonchev–Trinajstić information content (AvgIpc) is 2.79. The Morgan fingerprint density at radius 1 is 1.00 bits per heavy atom. The topological polar surface area (TPSA) is 106 Å². The van der Waals surface area contributed by atoms with Crippen LogP contribution in [0.3, 0.4) is 0 Å². The largest absolute Gasteiger partial charge is 0.360 e. The lowest BCUT2D eigenvalue weighted by atomic mass is 10.2. The molecule has 32 heavy (non-hydrogen) atoms. The summed E-state index contributed by atoms with van der Waals surface area (Å²) in [5, 5.41) is 4.25. The number of H-pyrrole nitrogens is 1. The van der Waals surface area contributed by atoms with Crippen LogP contribution in [-0.4, -0.2) is 24.5 Å². The second-order valence-corrected chi connectivity index (χ2v) is 7.64. The molecule has 1 atom stereocenters. The van der Waals surface area contributed by atoms with Gasteiger partial charge in [-0.25, -0.2) is 15.0 Å². The Labute approximate surface area is 186 Å². The number of anilines is 1. The van der Waals surface area contributed by atoms with Gasteiger partial charge in [0, 0.05) is 12.3 Å². The zero-order valence-corrected chi connectivity index (χ0v) is 17.7. The van der Waals surface area contributed by atoms with E-state index in [1.54, 1.807) is 18.2 Å². The van der Waals surface area contributed by atoms with Gasteiger partial charge in [0.05, 0.1) is 27.7 Å². The van der Waals surface area contributed by atoms with Gasteiger partial charge in [-0.1, -0.05) is 35.9 Å². The normalized spacial score (nSPS) is 12.2. The molecule has 0 radical (unpaired) electrons. The maximum atomic E-state index is 13.5. The molecule has 0 aliphatic heterocycles. The van der Waals surface area contributed by atoms with Crippen LogP contribution in [0.1, 0.15) is 18.8 Å². The first-order valence-corrected chi connectivity index (χ1v) is 10.3. The first-order chi connectivity index (χ1) is 15.5. The molecular formula is C23H17ClN6O2. The zero-order chi connectivity index (χ0) is 22.2. The van der Waals surface area contributed by atoms with E-state index in [4.69, 9.17) is 16.6 Å². The SMILES string of the molecule is C[C@H](Nc1ncnc2[nH]ccc(=O)c12)c1nc2cccc(Cl)c2c(=O)n1-c1ccccc1. The van der Waals surface area contributed by atoms with Gasteiger partial charge in [-0.15, -0.1) is 0 Å². The number of nitrogens with zero attached hydrogens (tertiary/aromatic N) is 4. The van der Waals surface area contributed by atoms with Crippen molar-refractivity contribution in [2.24, 2.45) is 0 Å². The van der Waals surface area contributed by atoms with Crippen molar-refractivity contribution in [2.75, 3.05) is 5.32 Å². The van der Waals surface area contributed by atoms with Crippen molar-refractivity contribution in [3.63, 3.8) is 0 Å². The van der Waals surface area contributed by atoms with Crippen LogP contribution in [0.4, 0.5) is 5.82 Å². The van der Waals surface area contributed by atoms with Crippen LogP contribution in [0.2, 0.25) is 5.02 Å². The van der Waals surface area contributed by atoms with E-state index in [1.165, 1.54) is 23.2 Å². The number of rotatable bonds is 4. The summed E-state index contributed by atoms with van der Waals surface area (Å²) in [6.07, 6.45) is 2.90. The minimum absolute atomic E-state index is 0.215. The predicted octanol–water partition coefficient (Wildman–Crippen LogP) is 3.84. The smallest absolute Gasteiger partial charge is 0.267 e. The number of nitrogens with one attached hydrogen (secondary N) is 2. The number of halogens is 1. The summed E-state index contributed by atoms with van der Waals surface area (Å²) < 4.78 is 1.53. The zero-order valence-electron chi connectivity index (χ0n) is 16.9. The van der Waals surface area contributed by atoms with Gasteiger partial charge in [0.15, 0.2) is 5.43 Å². The van der Waals surface area contributed by atoms with Crippen molar-refractivity contribution < 1.29 is 0 Å². The van der Waals surface area contributed by atoms with E-state index in [-0.39, 0.29) is 11.0 Å². The summed E-state index contributed by atoms with van der Waals surface area (Å²) in [6.45, 7) is 1.85. The van der Waals surface area contributed by atoms with Crippen molar-refractivity contribution in [1.29, 1.82) is 0 Å². The monoisotopic (exact) mass is 444 g/mol. The number of hydrogen-bond donors (Lipinski definition) is 2. The quantitative estimate of drug-likeness (QED) is 0.436. The molecule has 0 aliphatic rings. The van der Waals surface area contributed by atoms with Gasteiger partial charge in [0.25, 0.3) is 5.56 Å². The molecule has 0 aliphatic carbocycles. The molecule has 2 N–H and O–H groups in total. The molecule has 2 aromatic carbocycles. The van der Waals surface area contributed by atoms with Crippen molar-refractivity contribution in [3.05, 3.63) is 98.5 Å². The molecular weight excluding hydrogens is 428 g/mol. The van der Waals surface area contributed by atoms with E-state index in [0.717, 1.165) is 0 Å². The number of aromatic amines is 1. The minimum atomic E-state index is -0.482. The highest BCUT2D eigenvalue weighted by Crippen LogP contribution is 2.25. The number of hydrogen-bond acceptors (Lipinski definition) is 6. The second-order valence-electron chi connectivity index (χ2n) is 7.23. The Balaban J connectivity index is 1.72. The van der Waals surface area contributed by atoms with Crippen LogP contribution in [0.25, 0.3) is 27.6 Å². The third kappa shape index (κ3) is 3.30. The molecule has 158 valence electrons. The molecule has 3 aromatic heterocycles. The van der Waals surface area contributed by atoms with Gasteiger partial charge in [-0.05, 0) is 31.2 Å². The summed E-state index contributed by atoms with van der Waals surface area (Å²) in [6, 6.07) is 15.3. The van der Waals surface area contributed by atoms with Gasteiger partial charge in [-0.3, -0.25) is 14.2 Å². The van der Waals surface area contributed by atoms with Gasteiger partial charge >= 0.3 is 0 Å². The molecule has 0 unspecified atom stereocenters. The highest BCUT2D eigenvalue weighted by Gasteiger charge is 2.20. The Morgan fingerprint density at radius 2 is 1.81 bits per heavy atom. The fourth-order valence-corrected chi connectivity index (χ4v) is 3.96. The van der Waals surface area contributed by atoms with Crippen LogP contribution in [0, 0.1) is 0 Å². The Hall–Kier alpha value is -4.04. The van der Waals surface area contributed by atoms with Crippen LogP contribution >= 0.6 is 11.6 Å². The van der Waals surface area contributed by atoms with Crippen LogP contribution < -0.4 is 16.3 Å². The molecule has 9 heteroatoms. The van der Waals surface area contributed by atoms with E-state index in [2.05, 4.69) is 20.3 Å². The van der Waals surface area contributed by atoms with Gasteiger partial charge < -0.3 is 10.3 Å². The first-order valence-electron chi connectivity index (χ1n) is 9.90. The fourth-order valence-electron chi connectivity index (χ4n) is 3.71. The number of pyridine rings is 1. The number of aromatic nitrogens is 5. The molecule has 3 heterocycles. The van der Waals surface area contributed by atoms with Gasteiger partial charge in [0.2, 0.25) is 0 Å². The van der Waals surface area contributed by atoms with Crippen molar-refractivity contribution in [2.45, 2.75) is 13.0 Å². The van der Waals surface area contributed by atoms with Crippen molar-refractivity contribution in [1.82, 2.24) is 24.5 Å². The van der Waals surface area contributed by atoms with E-state index in [1.807, 2.05) is 37.3 Å². The summed E-state index contributed by atoms with van der Waals surface area (Å²) >= 11 is 6.34. The third-order valence-electron chi connectivity index (χ3n) is 5.18.